The summed E-state index contributed by atoms with van der Waals surface area (Å²) in [4.78, 5) is 8.60. The molecule has 0 fully saturated rings. The Morgan fingerprint density at radius 3 is 2.45 bits per heavy atom. The molecule has 0 aliphatic heterocycles. The van der Waals surface area contributed by atoms with Gasteiger partial charge in [-0.05, 0) is 31.2 Å². The Labute approximate surface area is 176 Å². The van der Waals surface area contributed by atoms with Crippen LogP contribution in [-0.4, -0.2) is 28.2 Å². The van der Waals surface area contributed by atoms with Crippen molar-refractivity contribution in [2.45, 2.75) is 11.8 Å². The van der Waals surface area contributed by atoms with Crippen LogP contribution in [0.15, 0.2) is 58.8 Å². The second kappa shape index (κ2) is 7.47. The Balaban J connectivity index is 1.60. The third-order valence-electron chi connectivity index (χ3n) is 4.00. The van der Waals surface area contributed by atoms with Gasteiger partial charge in [-0.1, -0.05) is 41.4 Å². The molecular weight excluding hydrogens is 432 g/mol. The average molecular weight is 447 g/mol. The molecule has 2 aromatic heterocycles. The normalized spacial score (nSPS) is 11.5. The van der Waals surface area contributed by atoms with Crippen molar-refractivity contribution in [3.8, 4) is 16.4 Å². The van der Waals surface area contributed by atoms with Crippen molar-refractivity contribution in [2.24, 2.45) is 0 Å². The molecule has 3 N–H and O–H groups in total. The molecule has 0 aliphatic carbocycles. The molecule has 4 aromatic rings. The summed E-state index contributed by atoms with van der Waals surface area (Å²) < 4.78 is 28.7. The Kier molecular flexibility index (Phi) is 4.99. The molecule has 0 unspecified atom stereocenters. The molecule has 2 heterocycles. The number of hydrogen-bond acceptors (Lipinski definition) is 7. The zero-order valence-corrected chi connectivity index (χ0v) is 17.5. The van der Waals surface area contributed by atoms with Gasteiger partial charge in [0.2, 0.25) is 11.1 Å². The fourth-order valence-corrected chi connectivity index (χ4v) is 4.38. The molecule has 0 saturated carbocycles. The molecule has 8 nitrogen and oxygen atoms in total. The van der Waals surface area contributed by atoms with Gasteiger partial charge in [0.1, 0.15) is 0 Å². The van der Waals surface area contributed by atoms with Crippen LogP contribution in [0.2, 0.25) is 5.02 Å². The predicted molar refractivity (Wildman–Crippen MR) is 114 cm³/mol. The molecule has 2 aromatic carbocycles. The Morgan fingerprint density at radius 2 is 1.76 bits per heavy atom. The van der Waals surface area contributed by atoms with Crippen LogP contribution >= 0.6 is 22.9 Å². The standard InChI is InChI=1S/C18H15ClN6O2S2/c1-11-2-8-14(9-3-11)29(26,27)24-17-22-16(20)25(23-17)18-21-15(10-28-18)12-4-6-13(19)7-5-12/h2-10H,1H3,(H3,20,22,23,24). The topological polar surface area (TPSA) is 116 Å². The first kappa shape index (κ1) is 19.4. The van der Waals surface area contributed by atoms with Gasteiger partial charge in [-0.3, -0.25) is 0 Å². The van der Waals surface area contributed by atoms with Gasteiger partial charge < -0.3 is 5.73 Å². The van der Waals surface area contributed by atoms with Crippen LogP contribution in [0, 0.1) is 6.92 Å². The number of sulfonamides is 1. The lowest BCUT2D eigenvalue weighted by atomic mass is 10.2. The van der Waals surface area contributed by atoms with Crippen LogP contribution in [0.25, 0.3) is 16.4 Å². The van der Waals surface area contributed by atoms with E-state index in [0.717, 1.165) is 16.8 Å². The van der Waals surface area contributed by atoms with Gasteiger partial charge in [-0.15, -0.1) is 16.4 Å². The first-order valence-corrected chi connectivity index (χ1v) is 11.1. The summed E-state index contributed by atoms with van der Waals surface area (Å²) in [5, 5.41) is 7.08. The lowest BCUT2D eigenvalue weighted by Gasteiger charge is -2.04. The Morgan fingerprint density at radius 1 is 1.07 bits per heavy atom. The number of hydrogen-bond donors (Lipinski definition) is 2. The summed E-state index contributed by atoms with van der Waals surface area (Å²) in [7, 11) is -3.83. The van der Waals surface area contributed by atoms with E-state index in [0.29, 0.717) is 10.2 Å². The summed E-state index contributed by atoms with van der Waals surface area (Å²) in [6, 6.07) is 13.7. The van der Waals surface area contributed by atoms with E-state index in [9.17, 15) is 8.42 Å². The summed E-state index contributed by atoms with van der Waals surface area (Å²) in [5.74, 6) is -0.116. The number of nitrogens with one attached hydrogen (secondary N) is 1. The zero-order chi connectivity index (χ0) is 20.6. The first-order chi connectivity index (χ1) is 13.8. The summed E-state index contributed by atoms with van der Waals surface area (Å²) in [6.07, 6.45) is 0. The predicted octanol–water partition coefficient (Wildman–Crippen LogP) is 3.74. The molecule has 0 amide bonds. The highest BCUT2D eigenvalue weighted by Gasteiger charge is 2.19. The smallest absolute Gasteiger partial charge is 0.264 e. The van der Waals surface area contributed by atoms with E-state index in [-0.39, 0.29) is 16.8 Å². The minimum absolute atomic E-state index is 0.0172. The maximum absolute atomic E-state index is 12.5. The van der Waals surface area contributed by atoms with Gasteiger partial charge in [-0.25, -0.2) is 18.1 Å². The van der Waals surface area contributed by atoms with Crippen LogP contribution < -0.4 is 10.5 Å². The van der Waals surface area contributed by atoms with E-state index in [1.807, 2.05) is 24.4 Å². The molecule has 29 heavy (non-hydrogen) atoms. The second-order valence-electron chi connectivity index (χ2n) is 6.15. The fraction of sp³-hybridized carbons (Fsp3) is 0.0556. The highest BCUT2D eigenvalue weighted by molar-refractivity contribution is 7.92. The van der Waals surface area contributed by atoms with Crippen molar-refractivity contribution in [1.82, 2.24) is 19.7 Å². The molecule has 11 heteroatoms. The van der Waals surface area contributed by atoms with Gasteiger partial charge in [-0.2, -0.15) is 9.67 Å². The number of nitrogens with zero attached hydrogens (tertiary/aromatic N) is 4. The molecule has 0 spiro atoms. The van der Waals surface area contributed by atoms with Crippen molar-refractivity contribution in [3.63, 3.8) is 0 Å². The minimum Gasteiger partial charge on any atom is -0.368 e. The molecular formula is C18H15ClN6O2S2. The summed E-state index contributed by atoms with van der Waals surface area (Å²) >= 11 is 7.22. The monoisotopic (exact) mass is 446 g/mol. The molecule has 148 valence electrons. The molecule has 0 aliphatic rings. The van der Waals surface area contributed by atoms with E-state index < -0.39 is 10.0 Å². The van der Waals surface area contributed by atoms with Gasteiger partial charge >= 0.3 is 0 Å². The van der Waals surface area contributed by atoms with Crippen LogP contribution in [-0.2, 0) is 10.0 Å². The number of rotatable bonds is 5. The van der Waals surface area contributed by atoms with E-state index >= 15 is 0 Å². The SMILES string of the molecule is Cc1ccc(S(=O)(=O)Nc2nc(N)n(-c3nc(-c4ccc(Cl)cc4)cs3)n2)cc1. The molecule has 4 rings (SSSR count). The first-order valence-electron chi connectivity index (χ1n) is 8.36. The van der Waals surface area contributed by atoms with Gasteiger partial charge in [0.15, 0.2) is 0 Å². The Hall–Kier alpha value is -2.95. The molecule has 0 radical (unpaired) electrons. The minimum atomic E-state index is -3.83. The number of aryl methyl sites for hydroxylation is 1. The number of anilines is 2. The number of aromatic nitrogens is 4. The maximum Gasteiger partial charge on any atom is 0.264 e. The van der Waals surface area contributed by atoms with Crippen molar-refractivity contribution in [1.29, 1.82) is 0 Å². The lowest BCUT2D eigenvalue weighted by molar-refractivity contribution is 0.600. The lowest BCUT2D eigenvalue weighted by Crippen LogP contribution is -2.14. The van der Waals surface area contributed by atoms with E-state index in [1.165, 1.54) is 28.2 Å². The van der Waals surface area contributed by atoms with Gasteiger partial charge in [0.05, 0.1) is 10.6 Å². The number of nitrogen functional groups attached to an aromatic ring is 1. The fourth-order valence-electron chi connectivity index (χ4n) is 2.52. The van der Waals surface area contributed by atoms with Crippen LogP contribution in [0.4, 0.5) is 11.9 Å². The number of benzene rings is 2. The number of nitrogens with two attached hydrogens (primary N) is 1. The second-order valence-corrected chi connectivity index (χ2v) is 9.10. The van der Waals surface area contributed by atoms with Crippen molar-refractivity contribution < 1.29 is 8.42 Å². The summed E-state index contributed by atoms with van der Waals surface area (Å²) in [5.41, 5.74) is 8.48. The van der Waals surface area contributed by atoms with E-state index in [4.69, 9.17) is 17.3 Å². The quantitative estimate of drug-likeness (QED) is 0.482. The molecule has 0 bridgehead atoms. The van der Waals surface area contributed by atoms with E-state index in [1.54, 1.807) is 24.3 Å². The van der Waals surface area contributed by atoms with Crippen molar-refractivity contribution in [3.05, 3.63) is 64.5 Å². The van der Waals surface area contributed by atoms with Crippen molar-refractivity contribution >= 4 is 44.9 Å². The average Bonchev–Trinajstić information content (AvgIpc) is 3.29. The third-order valence-corrected chi connectivity index (χ3v) is 6.41. The highest BCUT2D eigenvalue weighted by Crippen LogP contribution is 2.26. The maximum atomic E-state index is 12.5. The van der Waals surface area contributed by atoms with Crippen LogP contribution in [0.5, 0.6) is 0 Å². The van der Waals surface area contributed by atoms with Gasteiger partial charge in [0, 0.05) is 16.0 Å². The molecule has 0 atom stereocenters. The van der Waals surface area contributed by atoms with Crippen LogP contribution in [0.1, 0.15) is 5.56 Å². The largest absolute Gasteiger partial charge is 0.368 e. The highest BCUT2D eigenvalue weighted by atomic mass is 35.5. The van der Waals surface area contributed by atoms with Crippen molar-refractivity contribution in [2.75, 3.05) is 10.5 Å². The number of halogens is 1. The Bertz CT molecular complexity index is 1260. The molecule has 0 saturated heterocycles. The number of thiazole rings is 1. The van der Waals surface area contributed by atoms with Gasteiger partial charge in [0.25, 0.3) is 16.0 Å². The van der Waals surface area contributed by atoms with Crippen LogP contribution in [0.3, 0.4) is 0 Å². The zero-order valence-electron chi connectivity index (χ0n) is 15.1. The van der Waals surface area contributed by atoms with E-state index in [2.05, 4.69) is 19.8 Å². The summed E-state index contributed by atoms with van der Waals surface area (Å²) in [6.45, 7) is 1.88. The third kappa shape index (κ3) is 4.09.